The van der Waals surface area contributed by atoms with Gasteiger partial charge in [-0.1, -0.05) is 30.3 Å². The number of nitrogens with one attached hydrogen (secondary N) is 1. The predicted octanol–water partition coefficient (Wildman–Crippen LogP) is 2.93. The van der Waals surface area contributed by atoms with E-state index in [0.29, 0.717) is 0 Å². The first-order chi connectivity index (χ1) is 11.0. The van der Waals surface area contributed by atoms with Crippen LogP contribution in [0.5, 0.6) is 5.75 Å². The summed E-state index contributed by atoms with van der Waals surface area (Å²) in [7, 11) is 0. The number of aliphatic imine (C=N–C) groups is 1. The van der Waals surface area contributed by atoms with Crippen LogP contribution < -0.4 is 15.8 Å². The second-order valence-corrected chi connectivity index (χ2v) is 5.47. The fourth-order valence-electron chi connectivity index (χ4n) is 2.07. The zero-order valence-electron chi connectivity index (χ0n) is 13.4. The van der Waals surface area contributed by atoms with Crippen molar-refractivity contribution in [3.63, 3.8) is 0 Å². The quantitative estimate of drug-likeness (QED) is 0.566. The molecule has 2 rings (SSSR count). The first kappa shape index (κ1) is 16.8. The molecule has 0 radical (unpaired) electrons. The van der Waals surface area contributed by atoms with Gasteiger partial charge in [0.15, 0.2) is 5.96 Å². The molecule has 5 nitrogen and oxygen atoms in total. The summed E-state index contributed by atoms with van der Waals surface area (Å²) >= 11 is 0. The molecule has 0 aliphatic rings. The maximum atomic E-state index is 10.2. The largest absolute Gasteiger partial charge is 0.491 e. The van der Waals surface area contributed by atoms with Gasteiger partial charge >= 0.3 is 0 Å². The Kier molecular flexibility index (Phi) is 6.00. The summed E-state index contributed by atoms with van der Waals surface area (Å²) in [6.07, 6.45) is -0.645. The molecule has 23 heavy (non-hydrogen) atoms. The van der Waals surface area contributed by atoms with Gasteiger partial charge in [-0.2, -0.15) is 0 Å². The van der Waals surface area contributed by atoms with Crippen LogP contribution in [0.15, 0.2) is 59.6 Å². The van der Waals surface area contributed by atoms with Gasteiger partial charge in [-0.3, -0.25) is 4.99 Å². The topological polar surface area (TPSA) is 79.9 Å². The van der Waals surface area contributed by atoms with Crippen LogP contribution >= 0.6 is 0 Å². The number of aliphatic hydroxyl groups is 1. The molecule has 1 atom stereocenters. The fourth-order valence-corrected chi connectivity index (χ4v) is 2.07. The molecule has 0 saturated carbocycles. The number of anilines is 1. The number of ether oxygens (including phenoxy) is 1. The van der Waals surface area contributed by atoms with Gasteiger partial charge in [0, 0.05) is 5.69 Å². The smallest absolute Gasteiger partial charge is 0.193 e. The van der Waals surface area contributed by atoms with Crippen LogP contribution in [0.25, 0.3) is 0 Å². The first-order valence-electron chi connectivity index (χ1n) is 7.61. The van der Waals surface area contributed by atoms with Crippen LogP contribution in [-0.4, -0.2) is 23.7 Å². The van der Waals surface area contributed by atoms with E-state index in [4.69, 9.17) is 10.5 Å². The van der Waals surface area contributed by atoms with E-state index in [1.807, 2.05) is 68.4 Å². The Bertz CT molecular complexity index is 642. The molecule has 0 bridgehead atoms. The lowest BCUT2D eigenvalue weighted by molar-refractivity contribution is 0.185. The van der Waals surface area contributed by atoms with Gasteiger partial charge in [0.2, 0.25) is 0 Å². The molecular weight excluding hydrogens is 290 g/mol. The molecule has 0 aliphatic heterocycles. The van der Waals surface area contributed by atoms with E-state index in [-0.39, 0.29) is 18.6 Å². The molecule has 2 aromatic rings. The van der Waals surface area contributed by atoms with E-state index in [9.17, 15) is 5.11 Å². The average molecular weight is 313 g/mol. The van der Waals surface area contributed by atoms with Gasteiger partial charge in [0.25, 0.3) is 0 Å². The Labute approximate surface area is 136 Å². The zero-order valence-corrected chi connectivity index (χ0v) is 13.4. The van der Waals surface area contributed by atoms with Gasteiger partial charge in [-0.25, -0.2) is 0 Å². The molecule has 1 unspecified atom stereocenters. The lowest BCUT2D eigenvalue weighted by atomic mass is 10.1. The maximum Gasteiger partial charge on any atom is 0.193 e. The number of nitrogens with two attached hydrogens (primary N) is 1. The number of hydrogen-bond donors (Lipinski definition) is 3. The highest BCUT2D eigenvalue weighted by molar-refractivity contribution is 5.92. The van der Waals surface area contributed by atoms with Crippen molar-refractivity contribution in [3.8, 4) is 5.75 Å². The third-order valence-electron chi connectivity index (χ3n) is 3.10. The van der Waals surface area contributed by atoms with Gasteiger partial charge in [0.1, 0.15) is 5.75 Å². The molecular formula is C18H23N3O2. The SMILES string of the molecule is CC(C)Oc1cccc(C(O)CN=C(N)Nc2ccccc2)c1. The first-order valence-corrected chi connectivity index (χ1v) is 7.61. The molecule has 0 aromatic heterocycles. The van der Waals surface area contributed by atoms with Crippen LogP contribution in [0.4, 0.5) is 5.69 Å². The number of benzene rings is 2. The lowest BCUT2D eigenvalue weighted by Gasteiger charge is -2.13. The molecule has 0 heterocycles. The summed E-state index contributed by atoms with van der Waals surface area (Å²) in [5, 5.41) is 13.2. The fraction of sp³-hybridized carbons (Fsp3) is 0.278. The van der Waals surface area contributed by atoms with E-state index in [2.05, 4.69) is 10.3 Å². The van der Waals surface area contributed by atoms with Crippen LogP contribution in [-0.2, 0) is 0 Å². The second kappa shape index (κ2) is 8.19. The van der Waals surface area contributed by atoms with Crippen molar-refractivity contribution in [3.05, 3.63) is 60.2 Å². The summed E-state index contributed by atoms with van der Waals surface area (Å²) < 4.78 is 5.63. The van der Waals surface area contributed by atoms with Gasteiger partial charge in [0.05, 0.1) is 18.8 Å². The normalized spacial score (nSPS) is 13.0. The van der Waals surface area contributed by atoms with Crippen LogP contribution in [0.2, 0.25) is 0 Å². The van der Waals surface area contributed by atoms with Crippen molar-refractivity contribution in [1.29, 1.82) is 0 Å². The molecule has 0 saturated heterocycles. The molecule has 2 aromatic carbocycles. The van der Waals surface area contributed by atoms with E-state index < -0.39 is 6.10 Å². The van der Waals surface area contributed by atoms with E-state index in [1.165, 1.54) is 0 Å². The minimum absolute atomic E-state index is 0.0890. The van der Waals surface area contributed by atoms with Crippen molar-refractivity contribution in [1.82, 2.24) is 0 Å². The Morgan fingerprint density at radius 1 is 1.17 bits per heavy atom. The molecule has 0 fully saturated rings. The van der Waals surface area contributed by atoms with E-state index >= 15 is 0 Å². The molecule has 4 N–H and O–H groups in total. The van der Waals surface area contributed by atoms with Crippen LogP contribution in [0, 0.1) is 0 Å². The third kappa shape index (κ3) is 5.64. The Balaban J connectivity index is 1.95. The van der Waals surface area contributed by atoms with Crippen LogP contribution in [0.1, 0.15) is 25.5 Å². The summed E-state index contributed by atoms with van der Waals surface area (Å²) in [5.41, 5.74) is 7.44. The van der Waals surface area contributed by atoms with Gasteiger partial charge in [-0.15, -0.1) is 0 Å². The number of nitrogens with zero attached hydrogens (tertiary/aromatic N) is 1. The lowest BCUT2D eigenvalue weighted by Crippen LogP contribution is -2.23. The number of aliphatic hydroxyl groups excluding tert-OH is 1. The number of rotatable bonds is 6. The minimum Gasteiger partial charge on any atom is -0.491 e. The highest BCUT2D eigenvalue weighted by Crippen LogP contribution is 2.20. The van der Waals surface area contributed by atoms with E-state index in [0.717, 1.165) is 17.0 Å². The van der Waals surface area contributed by atoms with Gasteiger partial charge in [-0.05, 0) is 43.7 Å². The Morgan fingerprint density at radius 3 is 2.61 bits per heavy atom. The van der Waals surface area contributed by atoms with Crippen molar-refractivity contribution in [2.24, 2.45) is 10.7 Å². The monoisotopic (exact) mass is 313 g/mol. The summed E-state index contributed by atoms with van der Waals surface area (Å²) in [5.74, 6) is 1.00. The molecule has 5 heteroatoms. The predicted molar refractivity (Wildman–Crippen MR) is 93.7 cm³/mol. The molecule has 0 aliphatic carbocycles. The zero-order chi connectivity index (χ0) is 16.7. The average Bonchev–Trinajstić information content (AvgIpc) is 2.53. The van der Waals surface area contributed by atoms with Crippen molar-refractivity contribution in [2.75, 3.05) is 11.9 Å². The van der Waals surface area contributed by atoms with E-state index in [1.54, 1.807) is 0 Å². The highest BCUT2D eigenvalue weighted by atomic mass is 16.5. The summed E-state index contributed by atoms with van der Waals surface area (Å²) in [4.78, 5) is 4.18. The molecule has 0 amide bonds. The van der Waals surface area contributed by atoms with Crippen molar-refractivity contribution in [2.45, 2.75) is 26.1 Å². The summed E-state index contributed by atoms with van der Waals surface area (Å²) in [6.45, 7) is 4.10. The molecule has 0 spiro atoms. The third-order valence-corrected chi connectivity index (χ3v) is 3.10. The number of para-hydroxylation sites is 1. The summed E-state index contributed by atoms with van der Waals surface area (Å²) in [6, 6.07) is 16.9. The molecule has 122 valence electrons. The van der Waals surface area contributed by atoms with Crippen molar-refractivity contribution >= 4 is 11.6 Å². The van der Waals surface area contributed by atoms with Crippen LogP contribution in [0.3, 0.4) is 0 Å². The Hall–Kier alpha value is -2.53. The Morgan fingerprint density at radius 2 is 1.91 bits per heavy atom. The standard InChI is InChI=1S/C18H23N3O2/c1-13(2)23-16-10-6-7-14(11-16)17(22)12-20-18(19)21-15-8-4-3-5-9-15/h3-11,13,17,22H,12H2,1-2H3,(H3,19,20,21). The highest BCUT2D eigenvalue weighted by Gasteiger charge is 2.09. The minimum atomic E-state index is -0.734. The van der Waals surface area contributed by atoms with Crippen molar-refractivity contribution < 1.29 is 9.84 Å². The maximum absolute atomic E-state index is 10.2. The second-order valence-electron chi connectivity index (χ2n) is 5.47. The number of guanidine groups is 1. The van der Waals surface area contributed by atoms with Gasteiger partial charge < -0.3 is 20.9 Å². The number of hydrogen-bond acceptors (Lipinski definition) is 3.